The van der Waals surface area contributed by atoms with Crippen LogP contribution in [0.5, 0.6) is 0 Å². The molecule has 11 atom stereocenters. The van der Waals surface area contributed by atoms with Crippen LogP contribution < -0.4 is 5.32 Å². The first-order valence-electron chi connectivity index (χ1n) is 33.1. The highest BCUT2D eigenvalue weighted by Crippen LogP contribution is 2.64. The highest BCUT2D eigenvalue weighted by Gasteiger charge is 2.78. The minimum atomic E-state index is -2.56. The Morgan fingerprint density at radius 1 is 0.670 bits per heavy atom. The second kappa shape index (κ2) is 38.9. The average Bonchev–Trinajstić information content (AvgIpc) is 0.670. The number of Topliss-reactive ketones (excluding diaryl/α,β-unsaturated/α-hetero) is 1. The SMILES string of the molecule is CC(=O)O[C@@]12CO[C@@H]1C[C@H](O)[C@@]1(C)C(=O)[C@H](OC(=O)OCOC(=O)CCOCCOCCOCCOCCOCCOCCOCCOCCSSc3ccccn3)C3=C(C)[C@@H](OC(=O)[C@H](O)[C@@H](NC(=O)c4ccccc4)c4ccccc4)C[C@@](O)([C@@H](OC(=O)c4ccccc4)[C@H]21)C3(C)C. The highest BCUT2D eigenvalue weighted by atomic mass is 33.1. The Bertz CT molecular complexity index is 3300. The van der Waals surface area contributed by atoms with Crippen LogP contribution in [0.1, 0.15) is 86.2 Å². The fourth-order valence-corrected chi connectivity index (χ4v) is 14.5. The summed E-state index contributed by atoms with van der Waals surface area (Å²) in [4.78, 5) is 103. The summed E-state index contributed by atoms with van der Waals surface area (Å²) in [6.45, 7) is 11.1. The number of aromatic nitrogens is 1. The van der Waals surface area contributed by atoms with Crippen LogP contribution >= 0.6 is 21.6 Å². The van der Waals surface area contributed by atoms with Gasteiger partial charge >= 0.3 is 30.0 Å². The maximum atomic E-state index is 16.1. The molecule has 2 bridgehead atoms. The zero-order valence-electron chi connectivity index (χ0n) is 56.7. The number of rotatable bonds is 41. The summed E-state index contributed by atoms with van der Waals surface area (Å²) in [6, 6.07) is 28.2. The summed E-state index contributed by atoms with van der Waals surface area (Å²) >= 11 is 0. The van der Waals surface area contributed by atoms with E-state index in [1.54, 1.807) is 94.5 Å². The van der Waals surface area contributed by atoms with Crippen molar-refractivity contribution >= 4 is 63.3 Å². The number of amides is 1. The number of fused-ring (bicyclic) bond motifs is 5. The van der Waals surface area contributed by atoms with Crippen molar-refractivity contribution in [3.8, 4) is 0 Å². The van der Waals surface area contributed by atoms with E-state index in [2.05, 4.69) is 10.3 Å². The topological polar surface area (TPSA) is 344 Å². The molecule has 1 amide bonds. The molecule has 3 fully saturated rings. The number of ketones is 1. The molecular weight excluding hydrogens is 1340 g/mol. The fraction of sp³-hybridized carbons (Fsp3) is 0.549. The summed E-state index contributed by atoms with van der Waals surface area (Å²) in [6.07, 6.45) is -11.8. The molecule has 29 heteroatoms. The number of hydrogen-bond donors (Lipinski definition) is 4. The molecule has 2 saturated carbocycles. The molecule has 27 nitrogen and oxygen atoms in total. The third-order valence-electron chi connectivity index (χ3n) is 18.0. The normalized spacial score (nSPS) is 24.1. The largest absolute Gasteiger partial charge is 0.512 e. The van der Waals surface area contributed by atoms with Gasteiger partial charge in [-0.05, 0) is 77.7 Å². The third-order valence-corrected chi connectivity index (χ3v) is 20.2. The lowest BCUT2D eigenvalue weighted by atomic mass is 9.44. The molecule has 3 aliphatic carbocycles. The van der Waals surface area contributed by atoms with Gasteiger partial charge in [0.2, 0.25) is 6.79 Å². The van der Waals surface area contributed by atoms with Crippen LogP contribution in [0.2, 0.25) is 0 Å². The van der Waals surface area contributed by atoms with Crippen LogP contribution in [0.4, 0.5) is 4.79 Å². The number of carbonyl (C=O) groups excluding carboxylic acids is 7. The van der Waals surface area contributed by atoms with Crippen LogP contribution in [0.25, 0.3) is 0 Å². The van der Waals surface area contributed by atoms with E-state index in [1.807, 2.05) is 18.2 Å². The lowest BCUT2D eigenvalue weighted by molar-refractivity contribution is -0.346. The van der Waals surface area contributed by atoms with Crippen molar-refractivity contribution in [2.75, 3.05) is 125 Å². The molecule has 2 heterocycles. The summed E-state index contributed by atoms with van der Waals surface area (Å²) in [5.41, 5.74) is -8.28. The molecular formula is C71H90N2O25S2. The Kier molecular flexibility index (Phi) is 30.7. The summed E-state index contributed by atoms with van der Waals surface area (Å²) in [5.74, 6) is -6.59. The standard InChI is InChI=1S/C71H90N2O25S2/c1-47-52(95-66(81)59(77)58(49-17-9-6-10-18-49)73-64(79)50-19-11-7-12-20-50)44-71(83)63(97-65(80)51-21-13-8-14-22-51)61-69(5,53(75)43-54-70(61,45-92-54)98-48(2)74)62(78)60(57(47)68(71,3)4)96-67(82)94-46-93-56(76)24-26-84-27-28-85-29-30-86-31-32-87-33-34-88-35-36-89-37-38-90-39-40-91-41-42-99-100-55-23-15-16-25-72-55/h6-23,25,52-54,58-61,63,75,77,83H,24,26-46H2,1-5H3,(H,73,79)/t52-,53-,54+,58-,59+,60+,61-,63-,69+,70-,71+/m0/s1. The van der Waals surface area contributed by atoms with Gasteiger partial charge in [-0.15, -0.1) is 0 Å². The molecule has 0 radical (unpaired) electrons. The van der Waals surface area contributed by atoms with Crippen molar-refractivity contribution in [2.45, 2.75) is 113 Å². The maximum Gasteiger partial charge on any atom is 0.512 e. The van der Waals surface area contributed by atoms with Gasteiger partial charge in [0, 0.05) is 42.7 Å². The van der Waals surface area contributed by atoms with Gasteiger partial charge < -0.3 is 91.7 Å². The van der Waals surface area contributed by atoms with Crippen LogP contribution in [-0.2, 0) is 90.2 Å². The van der Waals surface area contributed by atoms with E-state index in [0.29, 0.717) is 84.8 Å². The van der Waals surface area contributed by atoms with Gasteiger partial charge in [-0.2, -0.15) is 0 Å². The smallest absolute Gasteiger partial charge is 0.456 e. The first-order chi connectivity index (χ1) is 48.2. The number of aliphatic hydroxyl groups is 3. The Morgan fingerprint density at radius 2 is 1.20 bits per heavy atom. The van der Waals surface area contributed by atoms with Crippen molar-refractivity contribution in [1.82, 2.24) is 10.3 Å². The Hall–Kier alpha value is -6.94. The predicted molar refractivity (Wildman–Crippen MR) is 358 cm³/mol. The molecule has 0 spiro atoms. The fourth-order valence-electron chi connectivity index (χ4n) is 12.8. The van der Waals surface area contributed by atoms with E-state index in [1.165, 1.54) is 52.0 Å². The quantitative estimate of drug-likeness (QED) is 0.00961. The lowest BCUT2D eigenvalue weighted by Crippen LogP contribution is -2.82. The number of aliphatic hydroxyl groups excluding tert-OH is 2. The second-order valence-corrected chi connectivity index (χ2v) is 27.0. The van der Waals surface area contributed by atoms with Gasteiger partial charge in [-0.3, -0.25) is 19.2 Å². The Labute approximate surface area is 588 Å². The molecule has 1 saturated heterocycles. The molecule has 4 aliphatic rings. The highest BCUT2D eigenvalue weighted by molar-refractivity contribution is 8.76. The van der Waals surface area contributed by atoms with E-state index in [-0.39, 0.29) is 61.5 Å². The maximum absolute atomic E-state index is 16.1. The van der Waals surface area contributed by atoms with Crippen molar-refractivity contribution in [2.24, 2.45) is 16.7 Å². The predicted octanol–water partition coefficient (Wildman–Crippen LogP) is 6.18. The molecule has 4 aromatic rings. The summed E-state index contributed by atoms with van der Waals surface area (Å²) < 4.78 is 85.4. The van der Waals surface area contributed by atoms with Crippen molar-refractivity contribution in [3.63, 3.8) is 0 Å². The molecule has 100 heavy (non-hydrogen) atoms. The van der Waals surface area contributed by atoms with Gasteiger partial charge in [-0.25, -0.2) is 19.4 Å². The molecule has 4 N–H and O–H groups in total. The zero-order chi connectivity index (χ0) is 71.6. The first kappa shape index (κ1) is 78.8. The van der Waals surface area contributed by atoms with Crippen LogP contribution in [-0.4, -0.2) is 235 Å². The number of benzene rings is 3. The molecule has 3 aromatic carbocycles. The molecule has 1 aliphatic heterocycles. The van der Waals surface area contributed by atoms with E-state index >= 15 is 4.79 Å². The van der Waals surface area contributed by atoms with Crippen LogP contribution in [0, 0.1) is 16.7 Å². The van der Waals surface area contributed by atoms with Crippen molar-refractivity contribution < 1.29 is 120 Å². The Morgan fingerprint density at radius 3 is 1.73 bits per heavy atom. The van der Waals surface area contributed by atoms with Crippen LogP contribution in [0.3, 0.4) is 0 Å². The van der Waals surface area contributed by atoms with Crippen molar-refractivity contribution in [1.29, 1.82) is 0 Å². The molecule has 1 aromatic heterocycles. The van der Waals surface area contributed by atoms with Gasteiger partial charge in [-0.1, -0.05) is 97.4 Å². The third kappa shape index (κ3) is 20.7. The van der Waals surface area contributed by atoms with Gasteiger partial charge in [0.25, 0.3) is 5.91 Å². The zero-order valence-corrected chi connectivity index (χ0v) is 58.4. The Balaban J connectivity index is 0.815. The van der Waals surface area contributed by atoms with Crippen molar-refractivity contribution in [3.05, 3.63) is 143 Å². The van der Waals surface area contributed by atoms with E-state index in [0.717, 1.165) is 17.7 Å². The van der Waals surface area contributed by atoms with E-state index < -0.39 is 132 Å². The molecule has 8 rings (SSSR count). The number of pyridine rings is 1. The minimum absolute atomic E-state index is 0.00297. The summed E-state index contributed by atoms with van der Waals surface area (Å²) in [7, 11) is 3.32. The molecule has 0 unspecified atom stereocenters. The van der Waals surface area contributed by atoms with Crippen LogP contribution in [0.15, 0.2) is 132 Å². The van der Waals surface area contributed by atoms with E-state index in [9.17, 15) is 44.1 Å². The van der Waals surface area contributed by atoms with Gasteiger partial charge in [0.1, 0.15) is 28.9 Å². The van der Waals surface area contributed by atoms with Gasteiger partial charge in [0.15, 0.2) is 23.6 Å². The molecule has 546 valence electrons. The monoisotopic (exact) mass is 1430 g/mol. The van der Waals surface area contributed by atoms with Gasteiger partial charge in [0.05, 0.1) is 148 Å². The number of ether oxygens (including phenoxy) is 15. The number of nitrogens with zero attached hydrogens (tertiary/aromatic N) is 1. The average molecular weight is 1440 g/mol. The minimum Gasteiger partial charge on any atom is -0.456 e. The number of nitrogens with one attached hydrogen (secondary N) is 1. The number of hydrogen-bond acceptors (Lipinski definition) is 28. The summed E-state index contributed by atoms with van der Waals surface area (Å²) in [5, 5.41) is 42.1. The lowest BCUT2D eigenvalue weighted by Gasteiger charge is -2.67. The van der Waals surface area contributed by atoms with E-state index in [4.69, 9.17) is 71.1 Å². The first-order valence-corrected chi connectivity index (χ1v) is 35.4. The number of esters is 4. The number of carbonyl (C=O) groups is 7. The second-order valence-electron chi connectivity index (χ2n) is 24.6.